The highest BCUT2D eigenvalue weighted by Crippen LogP contribution is 2.35. The number of halogens is 4. The Labute approximate surface area is 210 Å². The van der Waals surface area contributed by atoms with Gasteiger partial charge in [-0.3, -0.25) is 4.79 Å². The molecule has 1 atom stereocenters. The van der Waals surface area contributed by atoms with Crippen LogP contribution in [0.5, 0.6) is 11.8 Å². The molecule has 1 saturated heterocycles. The molecule has 1 amide bonds. The molecule has 196 valence electrons. The van der Waals surface area contributed by atoms with Crippen molar-refractivity contribution in [3.63, 3.8) is 0 Å². The van der Waals surface area contributed by atoms with Gasteiger partial charge < -0.3 is 24.8 Å². The third-order valence-electron chi connectivity index (χ3n) is 5.72. The van der Waals surface area contributed by atoms with Crippen LogP contribution in [0.15, 0.2) is 48.5 Å². The quantitative estimate of drug-likeness (QED) is 0.349. The predicted molar refractivity (Wildman–Crippen MR) is 129 cm³/mol. The molecule has 7 nitrogen and oxygen atoms in total. The molecule has 0 aliphatic carbocycles. The minimum absolute atomic E-state index is 0.0532. The van der Waals surface area contributed by atoms with Crippen LogP contribution in [0.1, 0.15) is 40.7 Å². The van der Waals surface area contributed by atoms with E-state index in [2.05, 4.69) is 15.6 Å². The van der Waals surface area contributed by atoms with Gasteiger partial charge in [0.25, 0.3) is 5.91 Å². The number of rotatable bonds is 7. The van der Waals surface area contributed by atoms with Gasteiger partial charge >= 0.3 is 6.18 Å². The number of alkyl halides is 3. The Balaban J connectivity index is 1.60. The number of aromatic nitrogens is 1. The van der Waals surface area contributed by atoms with Crippen LogP contribution in [-0.2, 0) is 10.9 Å². The normalized spacial score (nSPS) is 15.7. The second-order valence-corrected chi connectivity index (χ2v) is 8.42. The number of carbonyl (C=O) groups is 1. The number of carbonyl (C=O) groups excluding carboxylic acids is 1. The minimum Gasteiger partial charge on any atom is -0.479 e. The zero-order chi connectivity index (χ0) is 26.6. The van der Waals surface area contributed by atoms with Gasteiger partial charge in [-0.05, 0) is 67.8 Å². The van der Waals surface area contributed by atoms with Crippen LogP contribution in [0.3, 0.4) is 0 Å². The van der Waals surface area contributed by atoms with Crippen LogP contribution >= 0.6 is 0 Å². The summed E-state index contributed by atoms with van der Waals surface area (Å²) < 4.78 is 70.3. The van der Waals surface area contributed by atoms with Gasteiger partial charge in [-0.25, -0.2) is 4.39 Å². The number of hydrogen-bond donors (Lipinski definition) is 2. The number of nitrogens with zero attached hydrogens (tertiary/aromatic N) is 1. The maximum Gasteiger partial charge on any atom is 0.416 e. The zero-order valence-corrected chi connectivity index (χ0v) is 20.1. The molecule has 1 aromatic heterocycles. The topological polar surface area (TPSA) is 81.7 Å². The van der Waals surface area contributed by atoms with Gasteiger partial charge in [0.05, 0.1) is 30.5 Å². The summed E-state index contributed by atoms with van der Waals surface area (Å²) in [7, 11) is 1.36. The summed E-state index contributed by atoms with van der Waals surface area (Å²) in [4.78, 5) is 17.4. The summed E-state index contributed by atoms with van der Waals surface area (Å²) in [5, 5.41) is 5.44. The molecule has 2 N–H and O–H groups in total. The van der Waals surface area contributed by atoms with Crippen LogP contribution in [0, 0.1) is 12.7 Å². The molecule has 0 bridgehead atoms. The molecule has 2 heterocycles. The van der Waals surface area contributed by atoms with Gasteiger partial charge in [0.1, 0.15) is 11.5 Å². The number of ether oxygens (including phenoxy) is 3. The first kappa shape index (κ1) is 26.2. The van der Waals surface area contributed by atoms with E-state index in [-0.39, 0.29) is 28.7 Å². The van der Waals surface area contributed by atoms with E-state index in [1.165, 1.54) is 37.4 Å². The molecule has 0 saturated carbocycles. The Morgan fingerprint density at radius 2 is 1.84 bits per heavy atom. The van der Waals surface area contributed by atoms with Gasteiger partial charge in [0, 0.05) is 18.2 Å². The van der Waals surface area contributed by atoms with Crippen molar-refractivity contribution >= 4 is 23.0 Å². The highest BCUT2D eigenvalue weighted by atomic mass is 19.4. The standard InChI is InChI=1S/C26H25F4N3O4/c1-15-13-17(27)7-9-19(15)31-21-14-16(26(28,29)30)6-8-18(21)24(34)32-20-10-11-22(33-25(20)35-2)37-23-5-3-4-12-36-23/h6-11,13-14,23,31H,3-5,12H2,1-2H3,(H,32,34). The van der Waals surface area contributed by atoms with Crippen LogP contribution in [-0.4, -0.2) is 30.9 Å². The van der Waals surface area contributed by atoms with Crippen LogP contribution in [0.4, 0.5) is 34.6 Å². The van der Waals surface area contributed by atoms with Gasteiger partial charge in [0.2, 0.25) is 18.1 Å². The second kappa shape index (κ2) is 11.0. The number of anilines is 3. The SMILES string of the molecule is COc1nc(OC2CCCCO2)ccc1NC(=O)c1ccc(C(F)(F)F)cc1Nc1ccc(F)cc1C. The van der Waals surface area contributed by atoms with E-state index in [0.717, 1.165) is 37.5 Å². The highest BCUT2D eigenvalue weighted by Gasteiger charge is 2.32. The first-order chi connectivity index (χ1) is 17.6. The third kappa shape index (κ3) is 6.48. The van der Waals surface area contributed by atoms with E-state index in [1.54, 1.807) is 6.92 Å². The van der Waals surface area contributed by atoms with Crippen LogP contribution in [0.25, 0.3) is 0 Å². The summed E-state index contributed by atoms with van der Waals surface area (Å²) in [6.45, 7) is 2.19. The molecule has 3 aromatic rings. The first-order valence-electron chi connectivity index (χ1n) is 11.5. The number of pyridine rings is 1. The Morgan fingerprint density at radius 3 is 2.51 bits per heavy atom. The monoisotopic (exact) mass is 519 g/mol. The predicted octanol–water partition coefficient (Wildman–Crippen LogP) is 6.46. The lowest BCUT2D eigenvalue weighted by molar-refractivity contribution is -0.137. The number of nitrogens with one attached hydrogen (secondary N) is 2. The van der Waals surface area contributed by atoms with E-state index in [1.807, 2.05) is 0 Å². The van der Waals surface area contributed by atoms with E-state index < -0.39 is 29.8 Å². The van der Waals surface area contributed by atoms with Crippen molar-refractivity contribution in [2.24, 2.45) is 0 Å². The summed E-state index contributed by atoms with van der Waals surface area (Å²) >= 11 is 0. The number of aryl methyl sites for hydroxylation is 1. The van der Waals surface area contributed by atoms with Crippen molar-refractivity contribution in [1.82, 2.24) is 4.98 Å². The number of benzene rings is 2. The minimum atomic E-state index is -4.63. The van der Waals surface area contributed by atoms with Gasteiger partial charge in [0.15, 0.2) is 0 Å². The number of methoxy groups -OCH3 is 1. The average Bonchev–Trinajstić information content (AvgIpc) is 2.86. The average molecular weight is 519 g/mol. The Hall–Kier alpha value is -3.86. The molecule has 0 spiro atoms. The van der Waals surface area contributed by atoms with Crippen molar-refractivity contribution in [3.8, 4) is 11.8 Å². The molecular formula is C26H25F4N3O4. The van der Waals surface area contributed by atoms with Gasteiger partial charge in [-0.2, -0.15) is 18.2 Å². The molecule has 11 heteroatoms. The molecule has 1 aliphatic rings. The van der Waals surface area contributed by atoms with Crippen molar-refractivity contribution in [2.75, 3.05) is 24.4 Å². The molecule has 37 heavy (non-hydrogen) atoms. The van der Waals surface area contributed by atoms with Crippen molar-refractivity contribution in [3.05, 3.63) is 71.0 Å². The van der Waals surface area contributed by atoms with Crippen molar-refractivity contribution in [1.29, 1.82) is 0 Å². The second-order valence-electron chi connectivity index (χ2n) is 8.42. The lowest BCUT2D eigenvalue weighted by Crippen LogP contribution is -2.25. The summed E-state index contributed by atoms with van der Waals surface area (Å²) in [5.41, 5.74) is -0.143. The molecule has 4 rings (SSSR count). The molecular weight excluding hydrogens is 494 g/mol. The summed E-state index contributed by atoms with van der Waals surface area (Å²) in [5.74, 6) is -0.907. The lowest BCUT2D eigenvalue weighted by atomic mass is 10.1. The Bertz CT molecular complexity index is 1280. The highest BCUT2D eigenvalue weighted by molar-refractivity contribution is 6.09. The van der Waals surface area contributed by atoms with E-state index in [0.29, 0.717) is 17.9 Å². The van der Waals surface area contributed by atoms with Crippen LogP contribution < -0.4 is 20.1 Å². The van der Waals surface area contributed by atoms with Crippen LogP contribution in [0.2, 0.25) is 0 Å². The maximum absolute atomic E-state index is 13.5. The van der Waals surface area contributed by atoms with Crippen molar-refractivity contribution < 1.29 is 36.6 Å². The van der Waals surface area contributed by atoms with Gasteiger partial charge in [-0.1, -0.05) is 0 Å². The molecule has 2 aromatic carbocycles. The largest absolute Gasteiger partial charge is 0.479 e. The fraction of sp³-hybridized carbons (Fsp3) is 0.308. The first-order valence-corrected chi connectivity index (χ1v) is 11.5. The van der Waals surface area contributed by atoms with Crippen molar-refractivity contribution in [2.45, 2.75) is 38.7 Å². The van der Waals surface area contributed by atoms with Gasteiger partial charge in [-0.15, -0.1) is 0 Å². The Kier molecular flexibility index (Phi) is 7.82. The molecule has 0 radical (unpaired) electrons. The number of hydrogen-bond acceptors (Lipinski definition) is 6. The Morgan fingerprint density at radius 1 is 1.05 bits per heavy atom. The molecule has 1 unspecified atom stereocenters. The molecule has 1 aliphatic heterocycles. The fourth-order valence-corrected chi connectivity index (χ4v) is 3.80. The lowest BCUT2D eigenvalue weighted by Gasteiger charge is -2.23. The summed E-state index contributed by atoms with van der Waals surface area (Å²) in [6.07, 6.45) is -2.41. The summed E-state index contributed by atoms with van der Waals surface area (Å²) in [6, 6.07) is 9.54. The molecule has 1 fully saturated rings. The zero-order valence-electron chi connectivity index (χ0n) is 20.1. The fourth-order valence-electron chi connectivity index (χ4n) is 3.80. The number of amides is 1. The van der Waals surface area contributed by atoms with E-state index in [9.17, 15) is 22.4 Å². The smallest absolute Gasteiger partial charge is 0.416 e. The van der Waals surface area contributed by atoms with E-state index >= 15 is 0 Å². The third-order valence-corrected chi connectivity index (χ3v) is 5.72. The maximum atomic E-state index is 13.5. The van der Waals surface area contributed by atoms with E-state index in [4.69, 9.17) is 14.2 Å².